The minimum Gasteiger partial charge on any atom is -0.478 e. The van der Waals surface area contributed by atoms with Gasteiger partial charge in [-0.1, -0.05) is 0 Å². The zero-order valence-corrected chi connectivity index (χ0v) is 10.0. The van der Waals surface area contributed by atoms with E-state index in [2.05, 4.69) is 5.29 Å². The smallest absolute Gasteiger partial charge is 0.336 e. The second kappa shape index (κ2) is 5.69. The first-order chi connectivity index (χ1) is 9.33. The minimum absolute atomic E-state index is 0.155. The average molecular weight is 284 g/mol. The van der Waals surface area contributed by atoms with Gasteiger partial charge in [-0.25, -0.2) is 9.80 Å². The van der Waals surface area contributed by atoms with Gasteiger partial charge in [0, 0.05) is 18.7 Å². The molecule has 0 saturated heterocycles. The van der Waals surface area contributed by atoms with Crippen molar-refractivity contribution in [3.63, 3.8) is 0 Å². The van der Waals surface area contributed by atoms with Gasteiger partial charge in [-0.05, 0) is 6.92 Å². The van der Waals surface area contributed by atoms with Crippen molar-refractivity contribution < 1.29 is 19.7 Å². The van der Waals surface area contributed by atoms with Gasteiger partial charge < -0.3 is 5.11 Å². The van der Waals surface area contributed by atoms with E-state index in [-0.39, 0.29) is 6.54 Å². The van der Waals surface area contributed by atoms with Crippen LogP contribution in [0, 0.1) is 25.1 Å². The normalized spacial score (nSPS) is 9.85. The van der Waals surface area contributed by atoms with Crippen LogP contribution in [0.2, 0.25) is 0 Å². The van der Waals surface area contributed by atoms with Crippen molar-refractivity contribution in [2.45, 2.75) is 6.92 Å². The van der Waals surface area contributed by atoms with Crippen molar-refractivity contribution >= 4 is 23.0 Å². The maximum absolute atomic E-state index is 10.9. The third-order valence-electron chi connectivity index (χ3n) is 2.37. The Kier molecular flexibility index (Phi) is 4.25. The van der Waals surface area contributed by atoms with Gasteiger partial charge in [-0.3, -0.25) is 20.2 Å². The first-order valence-electron chi connectivity index (χ1n) is 5.14. The maximum atomic E-state index is 10.9. The van der Waals surface area contributed by atoms with Crippen LogP contribution in [0.25, 0.3) is 0 Å². The second-order valence-corrected chi connectivity index (χ2v) is 3.48. The van der Waals surface area contributed by atoms with Crippen molar-refractivity contribution in [3.05, 3.63) is 42.8 Å². The molecule has 0 atom stereocenters. The van der Waals surface area contributed by atoms with Gasteiger partial charge in [0.2, 0.25) is 5.69 Å². The molecule has 106 valence electrons. The Balaban J connectivity index is 3.76. The summed E-state index contributed by atoms with van der Waals surface area (Å²) in [6.45, 7) is 1.25. The number of hydrogen-bond donors (Lipinski definition) is 1. The van der Waals surface area contributed by atoms with Crippen LogP contribution in [-0.2, 0) is 0 Å². The highest BCUT2D eigenvalue weighted by Gasteiger charge is 2.32. The van der Waals surface area contributed by atoms with Crippen LogP contribution in [0.4, 0.5) is 17.1 Å². The first kappa shape index (κ1) is 14.9. The molecule has 20 heavy (non-hydrogen) atoms. The Bertz CT molecular complexity index is 565. The number of rotatable bonds is 6. The van der Waals surface area contributed by atoms with Gasteiger partial charge in [0.15, 0.2) is 0 Å². The molecule has 0 radical (unpaired) electrons. The molecule has 0 aliphatic heterocycles. The molecule has 0 amide bonds. The standard InChI is InChI=1S/C9H8N4O7/c1-2-11(10-16)8-6(12(17)18)3-5(9(14)15)4-7(8)13(19)20/h3-4H,2H2,1H3,(H,14,15). The van der Waals surface area contributed by atoms with Crippen molar-refractivity contribution in [1.82, 2.24) is 0 Å². The third-order valence-corrected chi connectivity index (χ3v) is 2.37. The lowest BCUT2D eigenvalue weighted by Crippen LogP contribution is -2.18. The van der Waals surface area contributed by atoms with Crippen LogP contribution in [0.1, 0.15) is 17.3 Å². The molecule has 0 heterocycles. The van der Waals surface area contributed by atoms with Crippen LogP contribution < -0.4 is 5.01 Å². The topological polar surface area (TPSA) is 156 Å². The molecule has 0 aliphatic carbocycles. The van der Waals surface area contributed by atoms with Crippen LogP contribution in [-0.4, -0.2) is 27.5 Å². The largest absolute Gasteiger partial charge is 0.478 e. The van der Waals surface area contributed by atoms with Crippen LogP contribution in [0.5, 0.6) is 0 Å². The van der Waals surface area contributed by atoms with Crippen molar-refractivity contribution in [2.75, 3.05) is 11.6 Å². The zero-order chi connectivity index (χ0) is 15.4. The monoisotopic (exact) mass is 284 g/mol. The summed E-state index contributed by atoms with van der Waals surface area (Å²) >= 11 is 0. The molecule has 0 unspecified atom stereocenters. The molecule has 0 bridgehead atoms. The molecule has 1 aromatic carbocycles. The summed E-state index contributed by atoms with van der Waals surface area (Å²) in [4.78, 5) is 41.3. The van der Waals surface area contributed by atoms with Gasteiger partial charge in [-0.2, -0.15) is 0 Å². The third kappa shape index (κ3) is 2.66. The number of hydrogen-bond acceptors (Lipinski definition) is 7. The number of carbonyl (C=O) groups is 1. The van der Waals surface area contributed by atoms with E-state index < -0.39 is 38.4 Å². The van der Waals surface area contributed by atoms with Crippen LogP contribution in [0.3, 0.4) is 0 Å². The number of nitro groups is 2. The average Bonchev–Trinajstić information content (AvgIpc) is 2.39. The number of benzene rings is 1. The summed E-state index contributed by atoms with van der Waals surface area (Å²) in [5.41, 5.74) is -3.03. The number of nitro benzene ring substituents is 2. The van der Waals surface area contributed by atoms with Gasteiger partial charge in [0.1, 0.15) is 0 Å². The Morgan fingerprint density at radius 1 is 1.30 bits per heavy atom. The second-order valence-electron chi connectivity index (χ2n) is 3.48. The number of nitroso groups, excluding NO2 is 1. The van der Waals surface area contributed by atoms with Crippen LogP contribution >= 0.6 is 0 Å². The lowest BCUT2D eigenvalue weighted by molar-refractivity contribution is -0.392. The lowest BCUT2D eigenvalue weighted by Gasteiger charge is -2.13. The van der Waals surface area contributed by atoms with Crippen molar-refractivity contribution in [2.24, 2.45) is 5.29 Å². The molecule has 1 rings (SSSR count). The summed E-state index contributed by atoms with van der Waals surface area (Å²) < 4.78 is 0. The van der Waals surface area contributed by atoms with Gasteiger partial charge in [0.25, 0.3) is 0 Å². The summed E-state index contributed by atoms with van der Waals surface area (Å²) in [5.74, 6) is -1.56. The molecule has 0 saturated carbocycles. The molecule has 11 nitrogen and oxygen atoms in total. The number of aromatic carboxylic acids is 1. The lowest BCUT2D eigenvalue weighted by atomic mass is 10.1. The predicted molar refractivity (Wildman–Crippen MR) is 65.5 cm³/mol. The highest BCUT2D eigenvalue weighted by molar-refractivity contribution is 5.92. The molecular weight excluding hydrogens is 276 g/mol. The highest BCUT2D eigenvalue weighted by atomic mass is 16.6. The molecule has 11 heteroatoms. The fourth-order valence-corrected chi connectivity index (χ4v) is 1.53. The number of nitrogens with zero attached hydrogens (tertiary/aromatic N) is 4. The quantitative estimate of drug-likeness (QED) is 0.469. The summed E-state index contributed by atoms with van der Waals surface area (Å²) in [6.07, 6.45) is 0. The maximum Gasteiger partial charge on any atom is 0.336 e. The molecule has 0 aliphatic rings. The van der Waals surface area contributed by atoms with Gasteiger partial charge >= 0.3 is 17.3 Å². The number of carboxylic acid groups (broad SMARTS) is 1. The Labute approximate surface area is 110 Å². The fraction of sp³-hybridized carbons (Fsp3) is 0.222. The minimum atomic E-state index is -1.56. The molecule has 0 spiro atoms. The Morgan fingerprint density at radius 3 is 2.00 bits per heavy atom. The number of carboxylic acids is 1. The Morgan fingerprint density at radius 2 is 1.75 bits per heavy atom. The van der Waals surface area contributed by atoms with E-state index in [4.69, 9.17) is 5.11 Å². The van der Waals surface area contributed by atoms with E-state index in [0.29, 0.717) is 17.1 Å². The van der Waals surface area contributed by atoms with E-state index in [1.807, 2.05) is 0 Å². The summed E-state index contributed by atoms with van der Waals surface area (Å²) in [7, 11) is 0. The molecular formula is C9H8N4O7. The molecule has 0 fully saturated rings. The van der Waals surface area contributed by atoms with E-state index in [9.17, 15) is 29.9 Å². The van der Waals surface area contributed by atoms with Crippen molar-refractivity contribution in [3.8, 4) is 0 Å². The molecule has 0 aromatic heterocycles. The summed E-state index contributed by atoms with van der Waals surface area (Å²) in [6, 6.07) is 1.27. The molecule has 1 aromatic rings. The van der Waals surface area contributed by atoms with Crippen LogP contribution in [0.15, 0.2) is 17.4 Å². The highest BCUT2D eigenvalue weighted by Crippen LogP contribution is 2.38. The number of anilines is 1. The fourth-order valence-electron chi connectivity index (χ4n) is 1.53. The van der Waals surface area contributed by atoms with E-state index in [0.717, 1.165) is 0 Å². The zero-order valence-electron chi connectivity index (χ0n) is 10.0. The van der Waals surface area contributed by atoms with Crippen molar-refractivity contribution in [1.29, 1.82) is 0 Å². The molecule has 1 N–H and O–H groups in total. The van der Waals surface area contributed by atoms with Gasteiger partial charge in [0.05, 0.1) is 20.7 Å². The summed E-state index contributed by atoms with van der Waals surface area (Å²) in [5, 5.41) is 33.6. The van der Waals surface area contributed by atoms with E-state index >= 15 is 0 Å². The Hall–Kier alpha value is -3.11. The van der Waals surface area contributed by atoms with Gasteiger partial charge in [-0.15, -0.1) is 4.91 Å². The SMILES string of the molecule is CCN(N=O)c1c([N+](=O)[O-])cc(C(=O)O)cc1[N+](=O)[O-]. The van der Waals surface area contributed by atoms with E-state index in [1.165, 1.54) is 6.92 Å². The predicted octanol–water partition coefficient (Wildman–Crippen LogP) is 1.71. The van der Waals surface area contributed by atoms with E-state index in [1.54, 1.807) is 0 Å². The first-order valence-corrected chi connectivity index (χ1v) is 5.14.